The molecule has 6 heteroatoms. The first-order chi connectivity index (χ1) is 7.54. The third kappa shape index (κ3) is 3.68. The first kappa shape index (κ1) is 13.3. The zero-order valence-electron chi connectivity index (χ0n) is 9.31. The first-order valence-electron chi connectivity index (χ1n) is 5.35. The number of aliphatic carboxylic acids is 1. The van der Waals surface area contributed by atoms with E-state index in [1.165, 1.54) is 0 Å². The topological polar surface area (TPSA) is 92.4 Å². The van der Waals surface area contributed by atoms with Gasteiger partial charge in [0.15, 0.2) is 0 Å². The lowest BCUT2D eigenvalue weighted by molar-refractivity contribution is -0.139. The number of hydrogen-bond donors (Lipinski definition) is 3. The summed E-state index contributed by atoms with van der Waals surface area (Å²) in [5.41, 5.74) is 5.48. The number of carboxylic acid groups (broad SMARTS) is 1. The number of carboxylic acids is 1. The molecular weight excluding hydrogens is 228 g/mol. The number of carbonyl (C=O) groups is 2. The van der Waals surface area contributed by atoms with Crippen LogP contribution in [0, 0.1) is 0 Å². The minimum atomic E-state index is -1.05. The molecule has 16 heavy (non-hydrogen) atoms. The van der Waals surface area contributed by atoms with Crippen molar-refractivity contribution in [3.8, 4) is 0 Å². The summed E-state index contributed by atoms with van der Waals surface area (Å²) >= 11 is 1.74. The summed E-state index contributed by atoms with van der Waals surface area (Å²) in [4.78, 5) is 22.0. The Morgan fingerprint density at radius 1 is 1.56 bits per heavy atom. The second kappa shape index (κ2) is 6.10. The van der Waals surface area contributed by atoms with Gasteiger partial charge < -0.3 is 16.2 Å². The van der Waals surface area contributed by atoms with Crippen LogP contribution in [0.1, 0.15) is 25.7 Å². The Morgan fingerprint density at radius 3 is 2.81 bits per heavy atom. The molecule has 0 aromatic carbocycles. The predicted octanol–water partition coefficient (Wildman–Crippen LogP) is 0.189. The van der Waals surface area contributed by atoms with E-state index >= 15 is 0 Å². The lowest BCUT2D eigenvalue weighted by Crippen LogP contribution is -2.48. The fourth-order valence-electron chi connectivity index (χ4n) is 1.94. The van der Waals surface area contributed by atoms with Gasteiger partial charge in [-0.1, -0.05) is 6.42 Å². The highest BCUT2D eigenvalue weighted by molar-refractivity contribution is 7.99. The number of amides is 1. The average Bonchev–Trinajstić information content (AvgIpc) is 2.64. The van der Waals surface area contributed by atoms with E-state index < -0.39 is 12.0 Å². The number of rotatable bonds is 5. The summed E-state index contributed by atoms with van der Waals surface area (Å²) in [5.74, 6) is -1.40. The fraction of sp³-hybridized carbons (Fsp3) is 0.800. The van der Waals surface area contributed by atoms with E-state index in [0.29, 0.717) is 5.25 Å². The molecule has 0 aliphatic heterocycles. The second-order valence-electron chi connectivity index (χ2n) is 4.02. The maximum absolute atomic E-state index is 11.6. The van der Waals surface area contributed by atoms with Gasteiger partial charge in [0.05, 0.1) is 12.5 Å². The maximum Gasteiger partial charge on any atom is 0.305 e. The summed E-state index contributed by atoms with van der Waals surface area (Å²) < 4.78 is 0. The molecule has 0 aromatic rings. The fourth-order valence-corrected chi connectivity index (χ4v) is 2.88. The molecule has 3 atom stereocenters. The predicted molar refractivity (Wildman–Crippen MR) is 63.3 cm³/mol. The molecule has 1 rings (SSSR count). The van der Waals surface area contributed by atoms with Crippen LogP contribution in [0.25, 0.3) is 0 Å². The van der Waals surface area contributed by atoms with Crippen LogP contribution in [-0.2, 0) is 9.59 Å². The molecule has 0 radical (unpaired) electrons. The molecule has 1 aliphatic carbocycles. The quantitative estimate of drug-likeness (QED) is 0.644. The minimum Gasteiger partial charge on any atom is -0.481 e. The van der Waals surface area contributed by atoms with Gasteiger partial charge in [-0.25, -0.2) is 0 Å². The van der Waals surface area contributed by atoms with Crippen molar-refractivity contribution < 1.29 is 14.7 Å². The van der Waals surface area contributed by atoms with Gasteiger partial charge in [0.25, 0.3) is 0 Å². The molecule has 0 bridgehead atoms. The smallest absolute Gasteiger partial charge is 0.305 e. The van der Waals surface area contributed by atoms with Crippen LogP contribution in [0.15, 0.2) is 0 Å². The maximum atomic E-state index is 11.6. The van der Waals surface area contributed by atoms with Gasteiger partial charge in [0.1, 0.15) is 0 Å². The molecule has 0 saturated heterocycles. The van der Waals surface area contributed by atoms with Crippen molar-refractivity contribution in [3.63, 3.8) is 0 Å². The Morgan fingerprint density at radius 2 is 2.25 bits per heavy atom. The van der Waals surface area contributed by atoms with Crippen LogP contribution >= 0.6 is 11.8 Å². The summed E-state index contributed by atoms with van der Waals surface area (Å²) in [6.07, 6.45) is 4.86. The van der Waals surface area contributed by atoms with Crippen LogP contribution in [0.5, 0.6) is 0 Å². The van der Waals surface area contributed by atoms with Gasteiger partial charge in [-0.2, -0.15) is 11.8 Å². The van der Waals surface area contributed by atoms with Crippen molar-refractivity contribution in [2.75, 3.05) is 6.26 Å². The van der Waals surface area contributed by atoms with E-state index in [0.717, 1.165) is 19.3 Å². The molecule has 0 aromatic heterocycles. The highest BCUT2D eigenvalue weighted by Gasteiger charge is 2.29. The molecule has 5 nitrogen and oxygen atoms in total. The Kier molecular flexibility index (Phi) is 5.08. The summed E-state index contributed by atoms with van der Waals surface area (Å²) in [5, 5.41) is 11.8. The van der Waals surface area contributed by atoms with Crippen LogP contribution in [0.3, 0.4) is 0 Å². The zero-order chi connectivity index (χ0) is 12.1. The van der Waals surface area contributed by atoms with E-state index in [1.54, 1.807) is 11.8 Å². The van der Waals surface area contributed by atoms with Crippen molar-refractivity contribution in [2.45, 2.75) is 43.0 Å². The zero-order valence-corrected chi connectivity index (χ0v) is 10.1. The SMILES string of the molecule is CSC1CCCC1NC(=O)C(N)CC(=O)O. The molecule has 3 unspecified atom stereocenters. The normalized spacial score (nSPS) is 26.4. The molecule has 1 aliphatic rings. The number of thioether (sulfide) groups is 1. The van der Waals surface area contributed by atoms with Gasteiger partial charge in [-0.3, -0.25) is 9.59 Å². The highest BCUT2D eigenvalue weighted by atomic mass is 32.2. The van der Waals surface area contributed by atoms with Crippen molar-refractivity contribution in [1.29, 1.82) is 0 Å². The summed E-state index contributed by atoms with van der Waals surface area (Å²) in [6, 6.07) is -0.803. The van der Waals surface area contributed by atoms with E-state index in [9.17, 15) is 9.59 Å². The molecule has 1 amide bonds. The Balaban J connectivity index is 2.41. The van der Waals surface area contributed by atoms with Crippen molar-refractivity contribution in [1.82, 2.24) is 5.32 Å². The minimum absolute atomic E-state index is 0.141. The van der Waals surface area contributed by atoms with Gasteiger partial charge in [-0.15, -0.1) is 0 Å². The largest absolute Gasteiger partial charge is 0.481 e. The van der Waals surface area contributed by atoms with Crippen molar-refractivity contribution >= 4 is 23.6 Å². The standard InChI is InChI=1S/C10H18N2O3S/c1-16-8-4-2-3-7(8)12-10(15)6(11)5-9(13)14/h6-8H,2-5,11H2,1H3,(H,12,15)(H,13,14). The van der Waals surface area contributed by atoms with Crippen LogP contribution in [0.4, 0.5) is 0 Å². The van der Waals surface area contributed by atoms with Crippen LogP contribution in [0.2, 0.25) is 0 Å². The number of carbonyl (C=O) groups excluding carboxylic acids is 1. The number of nitrogens with two attached hydrogens (primary N) is 1. The molecule has 1 saturated carbocycles. The monoisotopic (exact) mass is 246 g/mol. The van der Waals surface area contributed by atoms with Gasteiger partial charge in [0.2, 0.25) is 5.91 Å². The summed E-state index contributed by atoms with van der Waals surface area (Å²) in [7, 11) is 0. The Hall–Kier alpha value is -0.750. The van der Waals surface area contributed by atoms with Crippen LogP contribution in [-0.4, -0.2) is 40.6 Å². The molecule has 4 N–H and O–H groups in total. The lowest BCUT2D eigenvalue weighted by atomic mass is 10.2. The third-order valence-electron chi connectivity index (χ3n) is 2.81. The molecule has 0 spiro atoms. The number of hydrogen-bond acceptors (Lipinski definition) is 4. The van der Waals surface area contributed by atoms with E-state index in [2.05, 4.69) is 5.32 Å². The average molecular weight is 246 g/mol. The Labute approximate surface area is 99.1 Å². The first-order valence-corrected chi connectivity index (χ1v) is 6.64. The second-order valence-corrected chi connectivity index (χ2v) is 5.10. The molecule has 0 heterocycles. The van der Waals surface area contributed by atoms with E-state index in [1.807, 2.05) is 6.26 Å². The highest BCUT2D eigenvalue weighted by Crippen LogP contribution is 2.28. The van der Waals surface area contributed by atoms with E-state index in [-0.39, 0.29) is 18.4 Å². The van der Waals surface area contributed by atoms with Crippen LogP contribution < -0.4 is 11.1 Å². The lowest BCUT2D eigenvalue weighted by Gasteiger charge is -2.20. The van der Waals surface area contributed by atoms with Gasteiger partial charge >= 0.3 is 5.97 Å². The molecular formula is C10H18N2O3S. The van der Waals surface area contributed by atoms with Gasteiger partial charge in [-0.05, 0) is 19.1 Å². The summed E-state index contributed by atoms with van der Waals surface area (Å²) in [6.45, 7) is 0. The Bertz CT molecular complexity index is 273. The molecule has 1 fully saturated rings. The van der Waals surface area contributed by atoms with Crippen molar-refractivity contribution in [2.24, 2.45) is 5.73 Å². The van der Waals surface area contributed by atoms with Crippen molar-refractivity contribution in [3.05, 3.63) is 0 Å². The number of nitrogens with one attached hydrogen (secondary N) is 1. The molecule has 92 valence electrons. The van der Waals surface area contributed by atoms with E-state index in [4.69, 9.17) is 10.8 Å². The van der Waals surface area contributed by atoms with Gasteiger partial charge in [0, 0.05) is 11.3 Å². The third-order valence-corrected chi connectivity index (χ3v) is 3.98.